The molecule has 0 spiro atoms. The molecule has 0 amide bonds. The Labute approximate surface area is 122 Å². The van der Waals surface area contributed by atoms with Gasteiger partial charge in [-0.1, -0.05) is 12.1 Å². The maximum Gasteiger partial charge on any atom is 0.165 e. The summed E-state index contributed by atoms with van der Waals surface area (Å²) in [5, 5.41) is 14.6. The molecule has 0 saturated heterocycles. The third-order valence-electron chi connectivity index (χ3n) is 3.17. The molecule has 1 heterocycles. The van der Waals surface area contributed by atoms with E-state index in [-0.39, 0.29) is 5.75 Å². The second-order valence-corrected chi connectivity index (χ2v) is 5.89. The van der Waals surface area contributed by atoms with Crippen molar-refractivity contribution in [2.45, 2.75) is 12.6 Å². The van der Waals surface area contributed by atoms with Crippen LogP contribution in [0.2, 0.25) is 0 Å². The molecule has 1 aromatic heterocycles. The van der Waals surface area contributed by atoms with Crippen LogP contribution in [0.15, 0.2) is 35.7 Å². The molecule has 0 bridgehead atoms. The first-order chi connectivity index (χ1) is 9.58. The summed E-state index contributed by atoms with van der Waals surface area (Å²) in [4.78, 5) is 3.47. The van der Waals surface area contributed by atoms with Gasteiger partial charge in [-0.2, -0.15) is 0 Å². The van der Waals surface area contributed by atoms with Gasteiger partial charge in [0.2, 0.25) is 0 Å². The lowest BCUT2D eigenvalue weighted by atomic mass is 10.2. The van der Waals surface area contributed by atoms with E-state index >= 15 is 0 Å². The molecule has 0 aliphatic rings. The van der Waals surface area contributed by atoms with E-state index < -0.39 is 5.82 Å². The molecule has 0 radical (unpaired) electrons. The summed E-state index contributed by atoms with van der Waals surface area (Å²) in [5.41, 5.74) is 0.823. The molecule has 2 rings (SSSR count). The number of hydrogen-bond donors (Lipinski definition) is 2. The third-order valence-corrected chi connectivity index (χ3v) is 4.15. The van der Waals surface area contributed by atoms with Gasteiger partial charge in [-0.3, -0.25) is 0 Å². The fraction of sp³-hybridized carbons (Fsp3) is 0.333. The van der Waals surface area contributed by atoms with Crippen molar-refractivity contribution in [3.8, 4) is 5.75 Å². The van der Waals surface area contributed by atoms with Gasteiger partial charge in [-0.25, -0.2) is 4.39 Å². The third kappa shape index (κ3) is 3.79. The molecule has 1 atom stereocenters. The number of hydrogen-bond acceptors (Lipinski definition) is 4. The number of halogens is 1. The number of nitrogens with zero attached hydrogens (tertiary/aromatic N) is 1. The number of thiophene rings is 1. The molecular weight excluding hydrogens is 275 g/mol. The molecule has 1 aromatic carbocycles. The molecule has 20 heavy (non-hydrogen) atoms. The normalized spacial score (nSPS) is 12.8. The average molecular weight is 294 g/mol. The fourth-order valence-electron chi connectivity index (χ4n) is 2.03. The maximum absolute atomic E-state index is 13.2. The van der Waals surface area contributed by atoms with Crippen LogP contribution in [0, 0.1) is 5.82 Å². The number of nitrogens with one attached hydrogen (secondary N) is 1. The predicted octanol–water partition coefficient (Wildman–Crippen LogP) is 2.99. The van der Waals surface area contributed by atoms with Crippen molar-refractivity contribution in [3.05, 3.63) is 52.0 Å². The monoisotopic (exact) mass is 294 g/mol. The SMILES string of the molecule is CN(C)C(CNCc1ccc(O)c(F)c1)c1cccs1. The molecule has 0 saturated carbocycles. The van der Waals surface area contributed by atoms with Crippen LogP contribution < -0.4 is 5.32 Å². The van der Waals surface area contributed by atoms with Gasteiger partial charge < -0.3 is 15.3 Å². The zero-order valence-electron chi connectivity index (χ0n) is 11.6. The molecule has 0 aliphatic carbocycles. The van der Waals surface area contributed by atoms with Crippen LogP contribution in [-0.4, -0.2) is 30.6 Å². The van der Waals surface area contributed by atoms with Crippen LogP contribution in [0.4, 0.5) is 4.39 Å². The van der Waals surface area contributed by atoms with Crippen LogP contribution in [0.25, 0.3) is 0 Å². The molecule has 0 fully saturated rings. The minimum Gasteiger partial charge on any atom is -0.505 e. The lowest BCUT2D eigenvalue weighted by molar-refractivity contribution is 0.292. The smallest absolute Gasteiger partial charge is 0.165 e. The second-order valence-electron chi connectivity index (χ2n) is 4.91. The van der Waals surface area contributed by atoms with Gasteiger partial charge in [0.1, 0.15) is 0 Å². The lowest BCUT2D eigenvalue weighted by Gasteiger charge is -2.23. The van der Waals surface area contributed by atoms with Crippen LogP contribution in [0.3, 0.4) is 0 Å². The van der Waals surface area contributed by atoms with Crippen molar-refractivity contribution in [2.24, 2.45) is 0 Å². The molecule has 3 nitrogen and oxygen atoms in total. The number of phenols is 1. The highest BCUT2D eigenvalue weighted by molar-refractivity contribution is 7.10. The summed E-state index contributed by atoms with van der Waals surface area (Å²) in [6.07, 6.45) is 0. The Kier molecular flexibility index (Phi) is 5.11. The van der Waals surface area contributed by atoms with Gasteiger partial charge in [-0.05, 0) is 43.2 Å². The first kappa shape index (κ1) is 15.0. The quantitative estimate of drug-likeness (QED) is 0.860. The first-order valence-electron chi connectivity index (χ1n) is 6.46. The Bertz CT molecular complexity index is 543. The van der Waals surface area contributed by atoms with E-state index in [1.807, 2.05) is 20.2 Å². The zero-order chi connectivity index (χ0) is 14.5. The van der Waals surface area contributed by atoms with E-state index in [2.05, 4.69) is 21.7 Å². The van der Waals surface area contributed by atoms with Gasteiger partial charge in [0.25, 0.3) is 0 Å². The molecule has 5 heteroatoms. The van der Waals surface area contributed by atoms with Crippen molar-refractivity contribution in [1.29, 1.82) is 0 Å². The summed E-state index contributed by atoms with van der Waals surface area (Å²) < 4.78 is 13.2. The van der Waals surface area contributed by atoms with Crippen LogP contribution in [0.5, 0.6) is 5.75 Å². The molecule has 1 unspecified atom stereocenters. The second kappa shape index (κ2) is 6.83. The Morgan fingerprint density at radius 3 is 2.75 bits per heavy atom. The van der Waals surface area contributed by atoms with Crippen molar-refractivity contribution in [1.82, 2.24) is 10.2 Å². The Hall–Kier alpha value is -1.43. The lowest BCUT2D eigenvalue weighted by Crippen LogP contribution is -2.30. The molecular formula is C15H19FN2OS. The summed E-state index contributed by atoms with van der Waals surface area (Å²) >= 11 is 1.74. The predicted molar refractivity (Wildman–Crippen MR) is 80.5 cm³/mol. The summed E-state index contributed by atoms with van der Waals surface area (Å²) in [6.45, 7) is 1.36. The van der Waals surface area contributed by atoms with Crippen molar-refractivity contribution < 1.29 is 9.50 Å². The number of rotatable bonds is 6. The van der Waals surface area contributed by atoms with E-state index in [1.54, 1.807) is 17.4 Å². The number of benzene rings is 1. The zero-order valence-corrected chi connectivity index (χ0v) is 12.5. The standard InChI is InChI=1S/C15H19FN2OS/c1-18(2)13(15-4-3-7-20-15)10-17-9-11-5-6-14(19)12(16)8-11/h3-8,13,17,19H,9-10H2,1-2H3. The largest absolute Gasteiger partial charge is 0.505 e. The van der Waals surface area contributed by atoms with Gasteiger partial charge in [0, 0.05) is 18.0 Å². The summed E-state index contributed by atoms with van der Waals surface area (Å²) in [7, 11) is 4.10. The Balaban J connectivity index is 1.92. The number of likely N-dealkylation sites (N-methyl/N-ethyl adjacent to an activating group) is 1. The molecule has 108 valence electrons. The maximum atomic E-state index is 13.2. The Morgan fingerprint density at radius 2 is 2.15 bits per heavy atom. The molecule has 2 N–H and O–H groups in total. The van der Waals surface area contributed by atoms with Crippen LogP contribution >= 0.6 is 11.3 Å². The molecule has 0 aliphatic heterocycles. The highest BCUT2D eigenvalue weighted by Crippen LogP contribution is 2.22. The van der Waals surface area contributed by atoms with Crippen LogP contribution in [0.1, 0.15) is 16.5 Å². The highest BCUT2D eigenvalue weighted by atomic mass is 32.1. The minimum absolute atomic E-state index is 0.303. The van der Waals surface area contributed by atoms with Gasteiger partial charge in [0.15, 0.2) is 11.6 Å². The van der Waals surface area contributed by atoms with E-state index in [4.69, 9.17) is 5.11 Å². The van der Waals surface area contributed by atoms with Gasteiger partial charge >= 0.3 is 0 Å². The summed E-state index contributed by atoms with van der Waals surface area (Å²) in [5.74, 6) is -0.884. The number of aromatic hydroxyl groups is 1. The fourth-order valence-corrected chi connectivity index (χ4v) is 2.95. The van der Waals surface area contributed by atoms with Crippen molar-refractivity contribution >= 4 is 11.3 Å². The van der Waals surface area contributed by atoms with E-state index in [1.165, 1.54) is 17.0 Å². The topological polar surface area (TPSA) is 35.5 Å². The first-order valence-corrected chi connectivity index (χ1v) is 7.34. The van der Waals surface area contributed by atoms with E-state index in [0.717, 1.165) is 12.1 Å². The highest BCUT2D eigenvalue weighted by Gasteiger charge is 2.14. The van der Waals surface area contributed by atoms with Crippen molar-refractivity contribution in [3.63, 3.8) is 0 Å². The number of phenolic OH excluding ortho intramolecular Hbond substituents is 1. The van der Waals surface area contributed by atoms with E-state index in [0.29, 0.717) is 12.6 Å². The minimum atomic E-state index is -0.577. The van der Waals surface area contributed by atoms with Crippen molar-refractivity contribution in [2.75, 3.05) is 20.6 Å². The van der Waals surface area contributed by atoms with Gasteiger partial charge in [-0.15, -0.1) is 11.3 Å². The average Bonchev–Trinajstić information content (AvgIpc) is 2.92. The van der Waals surface area contributed by atoms with Gasteiger partial charge in [0.05, 0.1) is 6.04 Å². The molecule has 2 aromatic rings. The van der Waals surface area contributed by atoms with Crippen LogP contribution in [-0.2, 0) is 6.54 Å². The summed E-state index contributed by atoms with van der Waals surface area (Å²) in [6, 6.07) is 8.94. The van der Waals surface area contributed by atoms with E-state index in [9.17, 15) is 4.39 Å². The Morgan fingerprint density at radius 1 is 1.35 bits per heavy atom.